The Morgan fingerprint density at radius 2 is 1.92 bits per heavy atom. The third-order valence-corrected chi connectivity index (χ3v) is 6.18. The lowest BCUT2D eigenvalue weighted by atomic mass is 9.79. The highest BCUT2D eigenvalue weighted by molar-refractivity contribution is 5.76. The van der Waals surface area contributed by atoms with E-state index in [4.69, 9.17) is 11.5 Å². The zero-order valence-corrected chi connectivity index (χ0v) is 15.2. The van der Waals surface area contributed by atoms with Gasteiger partial charge in [-0.1, -0.05) is 0 Å². The number of amides is 1. The van der Waals surface area contributed by atoms with Crippen LogP contribution in [0.4, 0.5) is 8.78 Å². The number of nitrogens with zero attached hydrogens (tertiary/aromatic N) is 1. The fraction of sp³-hybridized carbons (Fsp3) is 0.650. The third kappa shape index (κ3) is 4.60. The Morgan fingerprint density at radius 1 is 1.19 bits per heavy atom. The molecular weight excluding hydrogens is 336 g/mol. The second-order valence-corrected chi connectivity index (χ2v) is 7.91. The summed E-state index contributed by atoms with van der Waals surface area (Å²) in [5, 5.41) is 0. The summed E-state index contributed by atoms with van der Waals surface area (Å²) >= 11 is 0. The van der Waals surface area contributed by atoms with Crippen molar-refractivity contribution in [2.45, 2.75) is 57.0 Å². The number of likely N-dealkylation sites (tertiary alicyclic amines) is 1. The lowest BCUT2D eigenvalue weighted by Gasteiger charge is -2.41. The molecule has 1 aliphatic heterocycles. The molecule has 1 saturated carbocycles. The molecule has 26 heavy (non-hydrogen) atoms. The van der Waals surface area contributed by atoms with E-state index in [2.05, 4.69) is 4.90 Å². The van der Waals surface area contributed by atoms with Crippen molar-refractivity contribution in [2.75, 3.05) is 13.1 Å². The van der Waals surface area contributed by atoms with E-state index in [0.717, 1.165) is 57.7 Å². The predicted octanol–water partition coefficient (Wildman–Crippen LogP) is 2.59. The van der Waals surface area contributed by atoms with Crippen molar-refractivity contribution in [2.24, 2.45) is 23.3 Å². The number of carbonyl (C=O) groups is 1. The molecule has 2 fully saturated rings. The summed E-state index contributed by atoms with van der Waals surface area (Å²) in [6.45, 7) is 1.80. The van der Waals surface area contributed by atoms with Crippen molar-refractivity contribution in [1.29, 1.82) is 0 Å². The highest BCUT2D eigenvalue weighted by Crippen LogP contribution is 2.32. The Hall–Kier alpha value is -1.53. The molecule has 6 heteroatoms. The van der Waals surface area contributed by atoms with Crippen molar-refractivity contribution in [1.82, 2.24) is 4.90 Å². The monoisotopic (exact) mass is 365 g/mol. The normalized spacial score (nSPS) is 28.7. The molecule has 1 aromatic rings. The van der Waals surface area contributed by atoms with Gasteiger partial charge in [-0.15, -0.1) is 0 Å². The molecule has 2 aliphatic rings. The van der Waals surface area contributed by atoms with Crippen LogP contribution in [0.15, 0.2) is 18.2 Å². The number of hydrogen-bond donors (Lipinski definition) is 2. The maximum absolute atomic E-state index is 13.8. The molecule has 1 unspecified atom stereocenters. The van der Waals surface area contributed by atoms with Gasteiger partial charge in [-0.25, -0.2) is 8.78 Å². The molecule has 3 rings (SSSR count). The minimum atomic E-state index is -0.425. The predicted molar refractivity (Wildman–Crippen MR) is 97.3 cm³/mol. The van der Waals surface area contributed by atoms with Gasteiger partial charge < -0.3 is 11.5 Å². The molecule has 1 aromatic carbocycles. The molecule has 0 radical (unpaired) electrons. The summed E-state index contributed by atoms with van der Waals surface area (Å²) in [7, 11) is 0. The number of hydrogen-bond acceptors (Lipinski definition) is 3. The minimum absolute atomic E-state index is 0.0281. The molecule has 4 nitrogen and oxygen atoms in total. The summed E-state index contributed by atoms with van der Waals surface area (Å²) in [4.78, 5) is 13.9. The average Bonchev–Trinajstić information content (AvgIpc) is 2.65. The van der Waals surface area contributed by atoms with Gasteiger partial charge in [0, 0.05) is 18.6 Å². The molecule has 1 saturated heterocycles. The van der Waals surface area contributed by atoms with Crippen molar-refractivity contribution in [3.8, 4) is 0 Å². The topological polar surface area (TPSA) is 72.4 Å². The highest BCUT2D eigenvalue weighted by atomic mass is 19.1. The van der Waals surface area contributed by atoms with Gasteiger partial charge in [0.15, 0.2) is 0 Å². The van der Waals surface area contributed by atoms with Crippen LogP contribution >= 0.6 is 0 Å². The molecule has 0 spiro atoms. The van der Waals surface area contributed by atoms with Crippen LogP contribution in [0.2, 0.25) is 0 Å². The SMILES string of the molecule is NC(=O)C1CCCN(C2CCC([C@H](N)Cc3cc(F)ccc3F)CC2)C1. The van der Waals surface area contributed by atoms with Gasteiger partial charge in [0.05, 0.1) is 5.92 Å². The number of carbonyl (C=O) groups excluding carboxylic acids is 1. The second-order valence-electron chi connectivity index (χ2n) is 7.91. The first kappa shape index (κ1) is 19.2. The van der Waals surface area contributed by atoms with E-state index in [1.165, 1.54) is 12.1 Å². The van der Waals surface area contributed by atoms with Gasteiger partial charge in [0.2, 0.25) is 5.91 Å². The molecule has 0 aromatic heterocycles. The fourth-order valence-electron chi connectivity index (χ4n) is 4.59. The van der Waals surface area contributed by atoms with Crippen LogP contribution in [-0.4, -0.2) is 36.0 Å². The molecule has 4 N–H and O–H groups in total. The van der Waals surface area contributed by atoms with E-state index < -0.39 is 5.82 Å². The highest BCUT2D eigenvalue weighted by Gasteiger charge is 2.32. The first-order valence-corrected chi connectivity index (χ1v) is 9.67. The van der Waals surface area contributed by atoms with Crippen LogP contribution in [0, 0.1) is 23.5 Å². The standard InChI is InChI=1S/C20H29F2N3O/c21-16-5-8-18(22)15(10-16)11-19(23)13-3-6-17(7-4-13)25-9-1-2-14(12-25)20(24)26/h5,8,10,13-14,17,19H,1-4,6-7,9,11-12,23H2,(H2,24,26)/t13?,14?,17?,19-/m1/s1. The van der Waals surface area contributed by atoms with E-state index in [-0.39, 0.29) is 23.7 Å². The maximum atomic E-state index is 13.8. The van der Waals surface area contributed by atoms with Gasteiger partial charge in [-0.3, -0.25) is 9.69 Å². The Kier molecular flexibility index (Phi) is 6.24. The van der Waals surface area contributed by atoms with Crippen LogP contribution in [-0.2, 0) is 11.2 Å². The van der Waals surface area contributed by atoms with Gasteiger partial charge in [-0.2, -0.15) is 0 Å². The molecule has 144 valence electrons. The summed E-state index contributed by atoms with van der Waals surface area (Å²) in [6.07, 6.45) is 6.33. The van der Waals surface area contributed by atoms with Gasteiger partial charge in [0.25, 0.3) is 0 Å². The number of piperidine rings is 1. The summed E-state index contributed by atoms with van der Waals surface area (Å²) in [5.74, 6) is -0.708. The smallest absolute Gasteiger partial charge is 0.221 e. The lowest BCUT2D eigenvalue weighted by molar-refractivity contribution is -0.123. The number of nitrogens with two attached hydrogens (primary N) is 2. The largest absolute Gasteiger partial charge is 0.369 e. The van der Waals surface area contributed by atoms with Crippen LogP contribution in [0.25, 0.3) is 0 Å². The molecule has 1 heterocycles. The Labute approximate surface area is 153 Å². The number of rotatable bonds is 5. The van der Waals surface area contributed by atoms with Crippen molar-refractivity contribution in [3.05, 3.63) is 35.4 Å². The second kappa shape index (κ2) is 8.44. The quantitative estimate of drug-likeness (QED) is 0.842. The molecular formula is C20H29F2N3O. The molecule has 0 bridgehead atoms. The summed E-state index contributed by atoms with van der Waals surface area (Å²) < 4.78 is 27.2. The zero-order chi connectivity index (χ0) is 18.7. The molecule has 1 aliphatic carbocycles. The van der Waals surface area contributed by atoms with Gasteiger partial charge >= 0.3 is 0 Å². The zero-order valence-electron chi connectivity index (χ0n) is 15.2. The van der Waals surface area contributed by atoms with Gasteiger partial charge in [-0.05, 0) is 81.2 Å². The Morgan fingerprint density at radius 3 is 2.62 bits per heavy atom. The third-order valence-electron chi connectivity index (χ3n) is 6.18. The van der Waals surface area contributed by atoms with Crippen molar-refractivity contribution in [3.63, 3.8) is 0 Å². The summed E-state index contributed by atoms with van der Waals surface area (Å²) in [5.41, 5.74) is 12.2. The summed E-state index contributed by atoms with van der Waals surface area (Å²) in [6, 6.07) is 3.87. The number of halogens is 2. The van der Waals surface area contributed by atoms with E-state index in [9.17, 15) is 13.6 Å². The Bertz CT molecular complexity index is 631. The van der Waals surface area contributed by atoms with Crippen LogP contribution in [0.1, 0.15) is 44.1 Å². The van der Waals surface area contributed by atoms with E-state index >= 15 is 0 Å². The molecule has 1 amide bonds. The first-order chi connectivity index (χ1) is 12.4. The van der Waals surface area contributed by atoms with Crippen LogP contribution in [0.5, 0.6) is 0 Å². The maximum Gasteiger partial charge on any atom is 0.221 e. The fourth-order valence-corrected chi connectivity index (χ4v) is 4.59. The first-order valence-electron chi connectivity index (χ1n) is 9.67. The minimum Gasteiger partial charge on any atom is -0.369 e. The molecule has 2 atom stereocenters. The number of benzene rings is 1. The average molecular weight is 365 g/mol. The van der Waals surface area contributed by atoms with Crippen LogP contribution in [0.3, 0.4) is 0 Å². The van der Waals surface area contributed by atoms with Gasteiger partial charge in [0.1, 0.15) is 11.6 Å². The van der Waals surface area contributed by atoms with Crippen LogP contribution < -0.4 is 11.5 Å². The van der Waals surface area contributed by atoms with E-state index in [1.54, 1.807) is 0 Å². The van der Waals surface area contributed by atoms with Crippen molar-refractivity contribution < 1.29 is 13.6 Å². The number of primary amides is 1. The Balaban J connectivity index is 1.51. The lowest BCUT2D eigenvalue weighted by Crippen LogP contribution is -2.48. The van der Waals surface area contributed by atoms with E-state index in [1.807, 2.05) is 0 Å². The van der Waals surface area contributed by atoms with Crippen molar-refractivity contribution >= 4 is 5.91 Å². The van der Waals surface area contributed by atoms with E-state index in [0.29, 0.717) is 23.9 Å².